The Hall–Kier alpha value is -3.63. The molecule has 11 heteroatoms. The van der Waals surface area contributed by atoms with E-state index in [1.165, 1.54) is 58.1 Å². The predicted molar refractivity (Wildman–Crippen MR) is 110 cm³/mol. The van der Waals surface area contributed by atoms with Gasteiger partial charge in [0.05, 0.1) is 18.7 Å². The summed E-state index contributed by atoms with van der Waals surface area (Å²) in [6.07, 6.45) is -4.49. The molecule has 2 aliphatic rings. The number of piperazine rings is 1. The molecule has 33 heavy (non-hydrogen) atoms. The van der Waals surface area contributed by atoms with Crippen molar-refractivity contribution < 1.29 is 31.9 Å². The smallest absolute Gasteiger partial charge is 0.341 e. The average Bonchev–Trinajstić information content (AvgIpc) is 2.75. The molecule has 0 saturated carbocycles. The van der Waals surface area contributed by atoms with Crippen LogP contribution in [0.25, 0.3) is 0 Å². The minimum absolute atomic E-state index is 0.0738. The van der Waals surface area contributed by atoms with Gasteiger partial charge in [0.15, 0.2) is 5.54 Å². The highest BCUT2D eigenvalue weighted by molar-refractivity contribution is 6.10. The lowest BCUT2D eigenvalue weighted by atomic mass is 9.83. The molecule has 0 bridgehead atoms. The predicted octanol–water partition coefficient (Wildman–Crippen LogP) is 2.61. The molecule has 2 fully saturated rings. The summed E-state index contributed by atoms with van der Waals surface area (Å²) in [7, 11) is 1.44. The summed E-state index contributed by atoms with van der Waals surface area (Å²) in [5.74, 6) is -1.38. The van der Waals surface area contributed by atoms with Gasteiger partial charge in [0.25, 0.3) is 5.91 Å². The van der Waals surface area contributed by atoms with Crippen LogP contribution in [0, 0.1) is 5.82 Å². The second-order valence-corrected chi connectivity index (χ2v) is 7.99. The molecule has 0 radical (unpaired) electrons. The Morgan fingerprint density at radius 3 is 2.18 bits per heavy atom. The van der Waals surface area contributed by atoms with Gasteiger partial charge in [0.1, 0.15) is 12.4 Å². The van der Waals surface area contributed by atoms with E-state index in [-0.39, 0.29) is 26.2 Å². The van der Waals surface area contributed by atoms with E-state index >= 15 is 0 Å². The van der Waals surface area contributed by atoms with Crippen LogP contribution in [0.5, 0.6) is 0 Å². The van der Waals surface area contributed by atoms with Crippen molar-refractivity contribution in [3.8, 4) is 0 Å². The number of hydrogen-bond donors (Lipinski definition) is 1. The summed E-state index contributed by atoms with van der Waals surface area (Å²) in [4.78, 5) is 42.6. The minimum atomic E-state index is -4.49. The van der Waals surface area contributed by atoms with Gasteiger partial charge in [0.2, 0.25) is 5.91 Å². The highest BCUT2D eigenvalue weighted by Crippen LogP contribution is 2.37. The SMILES string of the molecule is CNC(=O)N1CC2(C1)C(=O)N(c1ccc(F)cc1)CC(=O)N2Cc1ccc(C(F)(F)F)cc1. The van der Waals surface area contributed by atoms with E-state index in [4.69, 9.17) is 0 Å². The van der Waals surface area contributed by atoms with E-state index < -0.39 is 40.9 Å². The standard InChI is InChI=1S/C22H20F4N4O3/c1-27-20(33)28-12-21(13-28)19(32)29(17-8-6-16(23)7-9-17)11-18(31)30(21)10-14-2-4-15(5-3-14)22(24,25)26/h2-9H,10-13H2,1H3,(H,27,33). The number of alkyl halides is 3. The zero-order chi connectivity index (χ0) is 24.0. The van der Waals surface area contributed by atoms with E-state index in [0.717, 1.165) is 12.1 Å². The molecule has 7 nitrogen and oxygen atoms in total. The van der Waals surface area contributed by atoms with Crippen LogP contribution < -0.4 is 10.2 Å². The fourth-order valence-electron chi connectivity index (χ4n) is 4.14. The number of hydrogen-bond acceptors (Lipinski definition) is 3. The van der Waals surface area contributed by atoms with Crippen LogP contribution in [-0.4, -0.2) is 59.9 Å². The van der Waals surface area contributed by atoms with Gasteiger partial charge in [-0.25, -0.2) is 9.18 Å². The molecule has 2 heterocycles. The number of urea groups is 1. The topological polar surface area (TPSA) is 73.0 Å². The summed E-state index contributed by atoms with van der Waals surface area (Å²) >= 11 is 0. The number of nitrogens with zero attached hydrogens (tertiary/aromatic N) is 3. The van der Waals surface area contributed by atoms with E-state index in [1.807, 2.05) is 0 Å². The third kappa shape index (κ3) is 3.98. The first-order valence-electron chi connectivity index (χ1n) is 10.1. The Balaban J connectivity index is 1.64. The molecule has 2 saturated heterocycles. The second-order valence-electron chi connectivity index (χ2n) is 7.99. The first kappa shape index (κ1) is 22.6. The highest BCUT2D eigenvalue weighted by atomic mass is 19.4. The molecule has 0 aromatic heterocycles. The molecular weight excluding hydrogens is 444 g/mol. The van der Waals surface area contributed by atoms with Gasteiger partial charge in [-0.2, -0.15) is 13.2 Å². The molecular formula is C22H20F4N4O3. The number of amides is 4. The molecule has 0 unspecified atom stereocenters. The number of halogens is 4. The summed E-state index contributed by atoms with van der Waals surface area (Å²) in [5.41, 5.74) is -1.45. The lowest BCUT2D eigenvalue weighted by molar-refractivity contribution is -0.161. The number of nitrogens with one attached hydrogen (secondary N) is 1. The first-order valence-corrected chi connectivity index (χ1v) is 10.1. The van der Waals surface area contributed by atoms with E-state index in [1.54, 1.807) is 0 Å². The number of rotatable bonds is 3. The number of benzene rings is 2. The molecule has 2 aliphatic heterocycles. The molecule has 4 rings (SSSR count). The first-order chi connectivity index (χ1) is 15.5. The summed E-state index contributed by atoms with van der Waals surface area (Å²) < 4.78 is 52.0. The number of anilines is 1. The molecule has 1 spiro atoms. The van der Waals surface area contributed by atoms with Gasteiger partial charge in [-0.15, -0.1) is 0 Å². The van der Waals surface area contributed by atoms with Crippen molar-refractivity contribution in [3.05, 3.63) is 65.5 Å². The monoisotopic (exact) mass is 464 g/mol. The fraction of sp³-hybridized carbons (Fsp3) is 0.318. The zero-order valence-electron chi connectivity index (χ0n) is 17.5. The molecule has 174 valence electrons. The van der Waals surface area contributed by atoms with Crippen LogP contribution in [0.15, 0.2) is 48.5 Å². The molecule has 0 atom stereocenters. The maximum atomic E-state index is 13.5. The van der Waals surface area contributed by atoms with Crippen LogP contribution in [0.4, 0.5) is 28.0 Å². The third-order valence-corrected chi connectivity index (χ3v) is 5.92. The molecule has 2 aromatic carbocycles. The lowest BCUT2D eigenvalue weighted by Gasteiger charge is -2.57. The quantitative estimate of drug-likeness (QED) is 0.710. The van der Waals surface area contributed by atoms with Crippen molar-refractivity contribution in [2.24, 2.45) is 0 Å². The summed E-state index contributed by atoms with van der Waals surface area (Å²) in [6, 6.07) is 9.04. The normalized spacial score (nSPS) is 17.9. The molecule has 0 aliphatic carbocycles. The highest BCUT2D eigenvalue weighted by Gasteiger charge is 2.60. The van der Waals surface area contributed by atoms with Crippen LogP contribution in [0.1, 0.15) is 11.1 Å². The van der Waals surface area contributed by atoms with E-state index in [2.05, 4.69) is 5.32 Å². The van der Waals surface area contributed by atoms with Gasteiger partial charge in [-0.3, -0.25) is 9.59 Å². The summed E-state index contributed by atoms with van der Waals surface area (Å²) in [5, 5.41) is 2.46. The fourth-order valence-corrected chi connectivity index (χ4v) is 4.14. The molecule has 4 amide bonds. The maximum Gasteiger partial charge on any atom is 0.416 e. The van der Waals surface area contributed by atoms with Crippen molar-refractivity contribution in [1.82, 2.24) is 15.1 Å². The molecule has 1 N–H and O–H groups in total. The maximum absolute atomic E-state index is 13.5. The van der Waals surface area contributed by atoms with E-state index in [9.17, 15) is 31.9 Å². The van der Waals surface area contributed by atoms with Gasteiger partial charge >= 0.3 is 12.2 Å². The molecule has 2 aromatic rings. The zero-order valence-corrected chi connectivity index (χ0v) is 17.5. The van der Waals surface area contributed by atoms with Crippen molar-refractivity contribution in [2.45, 2.75) is 18.3 Å². The Labute approximate surface area is 186 Å². The van der Waals surface area contributed by atoms with Crippen molar-refractivity contribution >= 4 is 23.5 Å². The Bertz CT molecular complexity index is 1080. The Morgan fingerprint density at radius 1 is 1.03 bits per heavy atom. The van der Waals surface area contributed by atoms with Gasteiger partial charge in [-0.05, 0) is 42.0 Å². The average molecular weight is 464 g/mol. The summed E-state index contributed by atoms with van der Waals surface area (Å²) in [6.45, 7) is -0.556. The minimum Gasteiger partial charge on any atom is -0.341 e. The number of carbonyl (C=O) groups excluding carboxylic acids is 3. The largest absolute Gasteiger partial charge is 0.416 e. The van der Waals surface area contributed by atoms with Crippen LogP contribution in [0.3, 0.4) is 0 Å². The van der Waals surface area contributed by atoms with Crippen molar-refractivity contribution in [1.29, 1.82) is 0 Å². The van der Waals surface area contributed by atoms with Crippen LogP contribution >= 0.6 is 0 Å². The number of carbonyl (C=O) groups is 3. The van der Waals surface area contributed by atoms with E-state index in [0.29, 0.717) is 11.3 Å². The second kappa shape index (κ2) is 8.05. The van der Waals surface area contributed by atoms with Gasteiger partial charge < -0.3 is 20.0 Å². The van der Waals surface area contributed by atoms with Crippen LogP contribution in [0.2, 0.25) is 0 Å². The van der Waals surface area contributed by atoms with Crippen LogP contribution in [-0.2, 0) is 22.3 Å². The Kier molecular flexibility index (Phi) is 5.51. The third-order valence-electron chi connectivity index (χ3n) is 5.92. The van der Waals surface area contributed by atoms with Crippen molar-refractivity contribution in [2.75, 3.05) is 31.6 Å². The lowest BCUT2D eigenvalue weighted by Crippen LogP contribution is -2.81. The van der Waals surface area contributed by atoms with Gasteiger partial charge in [-0.1, -0.05) is 12.1 Å². The van der Waals surface area contributed by atoms with Crippen molar-refractivity contribution in [3.63, 3.8) is 0 Å². The Morgan fingerprint density at radius 2 is 1.64 bits per heavy atom. The van der Waals surface area contributed by atoms with Gasteiger partial charge in [0, 0.05) is 19.3 Å². The number of likely N-dealkylation sites (tertiary alicyclic amines) is 1.